The van der Waals surface area contributed by atoms with Crippen molar-refractivity contribution in [1.82, 2.24) is 19.9 Å². The maximum atomic E-state index is 5.42. The summed E-state index contributed by atoms with van der Waals surface area (Å²) in [6, 6.07) is 0. The molecule has 1 aromatic rings. The summed E-state index contributed by atoms with van der Waals surface area (Å²) in [5, 5.41) is 8.03. The number of nitrogens with two attached hydrogens (primary N) is 1. The Morgan fingerprint density at radius 3 is 3.07 bits per heavy atom. The van der Waals surface area contributed by atoms with E-state index in [2.05, 4.69) is 15.2 Å². The molecule has 0 radical (unpaired) electrons. The molecular weight excluding hydrogens is 194 g/mol. The van der Waals surface area contributed by atoms with Crippen molar-refractivity contribution in [2.24, 2.45) is 5.73 Å². The van der Waals surface area contributed by atoms with E-state index >= 15 is 0 Å². The molecule has 6 nitrogen and oxygen atoms in total. The van der Waals surface area contributed by atoms with E-state index in [4.69, 9.17) is 10.5 Å². The Balaban J connectivity index is 2.35. The molecule has 0 bridgehead atoms. The average Bonchev–Trinajstić information content (AvgIpc) is 2.63. The van der Waals surface area contributed by atoms with Crippen LogP contribution in [0.5, 0.6) is 0 Å². The molecule has 15 heavy (non-hydrogen) atoms. The maximum Gasteiger partial charge on any atom is 0.0967 e. The zero-order chi connectivity index (χ0) is 11.1. The van der Waals surface area contributed by atoms with Crippen molar-refractivity contribution in [2.75, 3.05) is 33.9 Å². The predicted octanol–water partition coefficient (Wildman–Crippen LogP) is -0.685. The van der Waals surface area contributed by atoms with Gasteiger partial charge in [-0.25, -0.2) is 0 Å². The number of rotatable bonds is 7. The SMILES string of the molecule is COCCN(C)Cc1cn(CCN)nn1. The van der Waals surface area contributed by atoms with E-state index in [1.54, 1.807) is 11.8 Å². The van der Waals surface area contributed by atoms with Crippen LogP contribution in [0.4, 0.5) is 0 Å². The van der Waals surface area contributed by atoms with Crippen LogP contribution in [-0.4, -0.2) is 53.7 Å². The third-order valence-corrected chi connectivity index (χ3v) is 2.05. The van der Waals surface area contributed by atoms with Crippen LogP contribution in [0.2, 0.25) is 0 Å². The molecular formula is C9H19N5O. The molecule has 86 valence electrons. The lowest BCUT2D eigenvalue weighted by molar-refractivity contribution is 0.158. The van der Waals surface area contributed by atoms with E-state index in [0.29, 0.717) is 6.54 Å². The molecule has 6 heteroatoms. The van der Waals surface area contributed by atoms with Gasteiger partial charge in [0, 0.05) is 32.9 Å². The van der Waals surface area contributed by atoms with E-state index in [1.165, 1.54) is 0 Å². The van der Waals surface area contributed by atoms with Crippen LogP contribution in [0.25, 0.3) is 0 Å². The number of ether oxygens (including phenoxy) is 1. The lowest BCUT2D eigenvalue weighted by Gasteiger charge is -2.13. The fraction of sp³-hybridized carbons (Fsp3) is 0.778. The minimum Gasteiger partial charge on any atom is -0.383 e. The van der Waals surface area contributed by atoms with Crippen LogP contribution < -0.4 is 5.73 Å². The highest BCUT2D eigenvalue weighted by Crippen LogP contribution is 1.97. The fourth-order valence-electron chi connectivity index (χ4n) is 1.26. The van der Waals surface area contributed by atoms with Crippen LogP contribution in [0.15, 0.2) is 6.20 Å². The van der Waals surface area contributed by atoms with Gasteiger partial charge >= 0.3 is 0 Å². The highest BCUT2D eigenvalue weighted by atomic mass is 16.5. The third kappa shape index (κ3) is 4.37. The third-order valence-electron chi connectivity index (χ3n) is 2.05. The molecule has 0 aliphatic carbocycles. The molecule has 0 aromatic carbocycles. The second-order valence-electron chi connectivity index (χ2n) is 3.49. The van der Waals surface area contributed by atoms with E-state index in [9.17, 15) is 0 Å². The summed E-state index contributed by atoms with van der Waals surface area (Å²) in [5.41, 5.74) is 6.38. The van der Waals surface area contributed by atoms with Crippen molar-refractivity contribution in [3.05, 3.63) is 11.9 Å². The minimum atomic E-state index is 0.586. The molecule has 0 fully saturated rings. The van der Waals surface area contributed by atoms with Crippen LogP contribution in [0, 0.1) is 0 Å². The van der Waals surface area contributed by atoms with Crippen LogP contribution in [0.3, 0.4) is 0 Å². The number of likely N-dealkylation sites (N-methyl/N-ethyl adjacent to an activating group) is 1. The predicted molar refractivity (Wildman–Crippen MR) is 57.3 cm³/mol. The van der Waals surface area contributed by atoms with E-state index in [1.807, 2.05) is 13.2 Å². The van der Waals surface area contributed by atoms with Crippen molar-refractivity contribution in [3.8, 4) is 0 Å². The molecule has 0 amide bonds. The van der Waals surface area contributed by atoms with E-state index in [0.717, 1.165) is 31.9 Å². The summed E-state index contributed by atoms with van der Waals surface area (Å²) in [6.45, 7) is 3.71. The van der Waals surface area contributed by atoms with Gasteiger partial charge in [0.1, 0.15) is 0 Å². The molecule has 1 aromatic heterocycles. The van der Waals surface area contributed by atoms with E-state index < -0.39 is 0 Å². The Morgan fingerprint density at radius 1 is 1.60 bits per heavy atom. The Labute approximate surface area is 90.0 Å². The van der Waals surface area contributed by atoms with Gasteiger partial charge in [0.05, 0.1) is 18.8 Å². The highest BCUT2D eigenvalue weighted by molar-refractivity contribution is 4.91. The minimum absolute atomic E-state index is 0.586. The van der Waals surface area contributed by atoms with Crippen molar-refractivity contribution in [1.29, 1.82) is 0 Å². The fourth-order valence-corrected chi connectivity index (χ4v) is 1.26. The molecule has 2 N–H and O–H groups in total. The number of nitrogens with zero attached hydrogens (tertiary/aromatic N) is 4. The molecule has 1 rings (SSSR count). The van der Waals surface area contributed by atoms with Crippen molar-refractivity contribution in [2.45, 2.75) is 13.1 Å². The summed E-state index contributed by atoms with van der Waals surface area (Å²) in [7, 11) is 3.73. The van der Waals surface area contributed by atoms with Gasteiger partial charge in [0.25, 0.3) is 0 Å². The molecule has 0 atom stereocenters. The van der Waals surface area contributed by atoms with Gasteiger partial charge in [0.2, 0.25) is 0 Å². The first-order valence-corrected chi connectivity index (χ1v) is 5.03. The second-order valence-corrected chi connectivity index (χ2v) is 3.49. The van der Waals surface area contributed by atoms with Crippen molar-refractivity contribution in [3.63, 3.8) is 0 Å². The van der Waals surface area contributed by atoms with E-state index in [-0.39, 0.29) is 0 Å². The summed E-state index contributed by atoms with van der Waals surface area (Å²) < 4.78 is 6.76. The van der Waals surface area contributed by atoms with Gasteiger partial charge in [-0.05, 0) is 7.05 Å². The largest absolute Gasteiger partial charge is 0.383 e. The lowest BCUT2D eigenvalue weighted by Crippen LogP contribution is -2.22. The smallest absolute Gasteiger partial charge is 0.0967 e. The average molecular weight is 213 g/mol. The zero-order valence-corrected chi connectivity index (χ0v) is 9.39. The standard InChI is InChI=1S/C9H19N5O/c1-13(5-6-15-2)7-9-8-14(4-3-10)12-11-9/h8H,3-7,10H2,1-2H3. The number of hydrogen-bond donors (Lipinski definition) is 1. The summed E-state index contributed by atoms with van der Waals surface area (Å²) in [5.74, 6) is 0. The normalized spacial score (nSPS) is 11.2. The summed E-state index contributed by atoms with van der Waals surface area (Å²) in [6.07, 6.45) is 1.93. The summed E-state index contributed by atoms with van der Waals surface area (Å²) >= 11 is 0. The number of aromatic nitrogens is 3. The first-order valence-electron chi connectivity index (χ1n) is 5.03. The Hall–Kier alpha value is -0.980. The second kappa shape index (κ2) is 6.49. The Morgan fingerprint density at radius 2 is 2.40 bits per heavy atom. The topological polar surface area (TPSA) is 69.2 Å². The van der Waals surface area contributed by atoms with Crippen LogP contribution in [0.1, 0.15) is 5.69 Å². The molecule has 0 saturated carbocycles. The molecule has 1 heterocycles. The van der Waals surface area contributed by atoms with Gasteiger partial charge in [-0.3, -0.25) is 9.58 Å². The van der Waals surface area contributed by atoms with Gasteiger partial charge in [-0.1, -0.05) is 5.21 Å². The van der Waals surface area contributed by atoms with Crippen LogP contribution in [-0.2, 0) is 17.8 Å². The van der Waals surface area contributed by atoms with Gasteiger partial charge in [0.15, 0.2) is 0 Å². The number of hydrogen-bond acceptors (Lipinski definition) is 5. The summed E-state index contributed by atoms with van der Waals surface area (Å²) in [4.78, 5) is 2.14. The first-order chi connectivity index (χ1) is 7.26. The highest BCUT2D eigenvalue weighted by Gasteiger charge is 2.04. The van der Waals surface area contributed by atoms with Gasteiger partial charge < -0.3 is 10.5 Å². The molecule has 0 spiro atoms. The quantitative estimate of drug-likeness (QED) is 0.649. The zero-order valence-electron chi connectivity index (χ0n) is 9.39. The Kier molecular flexibility index (Phi) is 5.23. The maximum absolute atomic E-state index is 5.42. The molecule has 0 aliphatic rings. The van der Waals surface area contributed by atoms with Crippen molar-refractivity contribution < 1.29 is 4.74 Å². The molecule has 0 saturated heterocycles. The number of methoxy groups -OCH3 is 1. The Bertz CT molecular complexity index is 275. The first kappa shape index (κ1) is 12.1. The molecule has 0 unspecified atom stereocenters. The van der Waals surface area contributed by atoms with Crippen molar-refractivity contribution >= 4 is 0 Å². The molecule has 0 aliphatic heterocycles. The monoisotopic (exact) mass is 213 g/mol. The lowest BCUT2D eigenvalue weighted by atomic mass is 10.4. The van der Waals surface area contributed by atoms with Gasteiger partial charge in [-0.15, -0.1) is 5.10 Å². The van der Waals surface area contributed by atoms with Crippen LogP contribution >= 0.6 is 0 Å². The van der Waals surface area contributed by atoms with Gasteiger partial charge in [-0.2, -0.15) is 0 Å².